The summed E-state index contributed by atoms with van der Waals surface area (Å²) in [5.41, 5.74) is 1.02. The number of hydrogen-bond acceptors (Lipinski definition) is 7. The number of H-pyrrole nitrogens is 1. The van der Waals surface area contributed by atoms with Gasteiger partial charge in [0.2, 0.25) is 17.7 Å². The molecular formula is C21H21N5O4S2. The van der Waals surface area contributed by atoms with Crippen LogP contribution in [0.3, 0.4) is 0 Å². The van der Waals surface area contributed by atoms with Gasteiger partial charge in [-0.1, -0.05) is 23.9 Å². The average molecular weight is 472 g/mol. The van der Waals surface area contributed by atoms with Crippen molar-refractivity contribution in [1.29, 1.82) is 0 Å². The number of carbonyl (C=O) groups is 3. The fraction of sp³-hybridized carbons (Fsp3) is 0.190. The summed E-state index contributed by atoms with van der Waals surface area (Å²) in [7, 11) is 0. The molecule has 4 N–H and O–H groups in total. The number of rotatable bonds is 9. The molecule has 0 bridgehead atoms. The molecule has 0 atom stereocenters. The third-order valence-electron chi connectivity index (χ3n) is 3.96. The standard InChI is InChI=1S/C21H21N5O4S2/c1-13(27)23-14-4-2-5-15(8-14)24-20(30)12-32-21-25-16(10-19(29)26-21)9-18(28)22-11-17-6-3-7-31-17/h2-8,10H,9,11-12H2,1H3,(H,22,28)(H,23,27)(H,24,30)(H,25,26,29). The van der Waals surface area contributed by atoms with Gasteiger partial charge in [0.25, 0.3) is 5.56 Å². The van der Waals surface area contributed by atoms with Gasteiger partial charge in [-0.15, -0.1) is 11.3 Å². The largest absolute Gasteiger partial charge is 0.351 e. The summed E-state index contributed by atoms with van der Waals surface area (Å²) in [5.74, 6) is -0.762. The van der Waals surface area contributed by atoms with Crippen molar-refractivity contribution in [2.45, 2.75) is 25.0 Å². The second-order valence-electron chi connectivity index (χ2n) is 6.67. The molecule has 0 aliphatic carbocycles. The van der Waals surface area contributed by atoms with Gasteiger partial charge in [0.1, 0.15) is 0 Å². The van der Waals surface area contributed by atoms with Gasteiger partial charge in [0, 0.05) is 29.2 Å². The summed E-state index contributed by atoms with van der Waals surface area (Å²) < 4.78 is 0. The SMILES string of the molecule is CC(=O)Nc1cccc(NC(=O)CSc2nc(CC(=O)NCc3cccs3)cc(=O)[nH]2)c1. The first-order chi connectivity index (χ1) is 15.4. The van der Waals surface area contributed by atoms with Crippen LogP contribution in [-0.4, -0.2) is 33.4 Å². The summed E-state index contributed by atoms with van der Waals surface area (Å²) in [6.45, 7) is 1.82. The lowest BCUT2D eigenvalue weighted by Gasteiger charge is -2.08. The Hall–Kier alpha value is -3.44. The fourth-order valence-electron chi connectivity index (χ4n) is 2.68. The lowest BCUT2D eigenvalue weighted by Crippen LogP contribution is -2.25. The summed E-state index contributed by atoms with van der Waals surface area (Å²) in [5, 5.41) is 10.3. The monoisotopic (exact) mass is 471 g/mol. The Balaban J connectivity index is 1.53. The maximum atomic E-state index is 12.3. The van der Waals surface area contributed by atoms with Gasteiger partial charge < -0.3 is 20.9 Å². The Bertz CT molecular complexity index is 1160. The summed E-state index contributed by atoms with van der Waals surface area (Å²) >= 11 is 2.59. The molecule has 32 heavy (non-hydrogen) atoms. The molecule has 2 heterocycles. The van der Waals surface area contributed by atoms with Crippen LogP contribution in [0.15, 0.2) is 57.8 Å². The van der Waals surface area contributed by atoms with E-state index in [9.17, 15) is 19.2 Å². The van der Waals surface area contributed by atoms with Crippen LogP contribution in [0, 0.1) is 0 Å². The minimum absolute atomic E-state index is 0.00132. The first-order valence-electron chi connectivity index (χ1n) is 9.57. The molecule has 0 saturated carbocycles. The van der Waals surface area contributed by atoms with Crippen molar-refractivity contribution in [3.05, 3.63) is 68.8 Å². The smallest absolute Gasteiger partial charge is 0.251 e. The number of nitrogens with zero attached hydrogens (tertiary/aromatic N) is 1. The van der Waals surface area contributed by atoms with Gasteiger partial charge in [-0.05, 0) is 29.6 Å². The van der Waals surface area contributed by atoms with Crippen LogP contribution in [0.25, 0.3) is 0 Å². The highest BCUT2D eigenvalue weighted by Gasteiger charge is 2.10. The van der Waals surface area contributed by atoms with Gasteiger partial charge in [-0.2, -0.15) is 0 Å². The maximum absolute atomic E-state index is 12.3. The summed E-state index contributed by atoms with van der Waals surface area (Å²) in [4.78, 5) is 55.3. The number of aromatic nitrogens is 2. The zero-order chi connectivity index (χ0) is 22.9. The third-order valence-corrected chi connectivity index (χ3v) is 5.71. The lowest BCUT2D eigenvalue weighted by molar-refractivity contribution is -0.120. The number of aromatic amines is 1. The number of thiophene rings is 1. The molecule has 1 aromatic carbocycles. The van der Waals surface area contributed by atoms with E-state index in [-0.39, 0.29) is 35.1 Å². The number of thioether (sulfide) groups is 1. The van der Waals surface area contributed by atoms with Crippen molar-refractivity contribution >= 4 is 52.2 Å². The Kier molecular flexibility index (Phi) is 8.17. The van der Waals surface area contributed by atoms with Crippen molar-refractivity contribution in [2.24, 2.45) is 0 Å². The van der Waals surface area contributed by atoms with Crippen LogP contribution in [0.5, 0.6) is 0 Å². The van der Waals surface area contributed by atoms with Crippen LogP contribution in [-0.2, 0) is 27.3 Å². The van der Waals surface area contributed by atoms with E-state index in [4.69, 9.17) is 0 Å². The molecule has 0 spiro atoms. The first kappa shape index (κ1) is 23.2. The molecule has 3 rings (SSSR count). The van der Waals surface area contributed by atoms with Gasteiger partial charge >= 0.3 is 0 Å². The molecule has 2 aromatic heterocycles. The van der Waals surface area contributed by atoms with Gasteiger partial charge in [0.15, 0.2) is 5.16 Å². The first-order valence-corrected chi connectivity index (χ1v) is 11.4. The van der Waals surface area contributed by atoms with E-state index in [1.807, 2.05) is 17.5 Å². The number of carbonyl (C=O) groups excluding carboxylic acids is 3. The highest BCUT2D eigenvalue weighted by molar-refractivity contribution is 7.99. The molecule has 9 nitrogen and oxygen atoms in total. The van der Waals surface area contributed by atoms with E-state index < -0.39 is 5.56 Å². The van der Waals surface area contributed by atoms with Crippen LogP contribution < -0.4 is 21.5 Å². The quantitative estimate of drug-likeness (QED) is 0.280. The highest BCUT2D eigenvalue weighted by atomic mass is 32.2. The fourth-order valence-corrected chi connectivity index (χ4v) is 4.02. The Morgan fingerprint density at radius 2 is 1.84 bits per heavy atom. The predicted octanol–water partition coefficient (Wildman–Crippen LogP) is 2.38. The van der Waals surface area contributed by atoms with E-state index in [0.717, 1.165) is 16.6 Å². The Morgan fingerprint density at radius 1 is 1.06 bits per heavy atom. The molecule has 0 unspecified atom stereocenters. The van der Waals surface area contributed by atoms with Crippen LogP contribution in [0.2, 0.25) is 0 Å². The second-order valence-corrected chi connectivity index (χ2v) is 8.67. The Labute approximate surface area is 192 Å². The minimum Gasteiger partial charge on any atom is -0.351 e. The van der Waals surface area contributed by atoms with Crippen molar-refractivity contribution < 1.29 is 14.4 Å². The zero-order valence-electron chi connectivity index (χ0n) is 17.1. The van der Waals surface area contributed by atoms with E-state index in [1.54, 1.807) is 35.6 Å². The van der Waals surface area contributed by atoms with Gasteiger partial charge in [-0.3, -0.25) is 19.2 Å². The normalized spacial score (nSPS) is 10.4. The lowest BCUT2D eigenvalue weighted by atomic mass is 10.2. The van der Waals surface area contributed by atoms with E-state index in [2.05, 4.69) is 25.9 Å². The predicted molar refractivity (Wildman–Crippen MR) is 125 cm³/mol. The summed E-state index contributed by atoms with van der Waals surface area (Å²) in [6, 6.07) is 11.9. The number of nitrogens with one attached hydrogen (secondary N) is 4. The van der Waals surface area contributed by atoms with E-state index >= 15 is 0 Å². The molecule has 0 aliphatic rings. The number of amides is 3. The van der Waals surface area contributed by atoms with Crippen LogP contribution in [0.4, 0.5) is 11.4 Å². The molecule has 0 fully saturated rings. The zero-order valence-corrected chi connectivity index (χ0v) is 18.8. The van der Waals surface area contributed by atoms with Crippen molar-refractivity contribution in [3.63, 3.8) is 0 Å². The molecule has 166 valence electrons. The van der Waals surface area contributed by atoms with Crippen molar-refractivity contribution in [2.75, 3.05) is 16.4 Å². The minimum atomic E-state index is -0.396. The maximum Gasteiger partial charge on any atom is 0.251 e. The molecular weight excluding hydrogens is 450 g/mol. The average Bonchev–Trinajstić information content (AvgIpc) is 3.24. The molecule has 0 saturated heterocycles. The van der Waals surface area contributed by atoms with Crippen LogP contribution >= 0.6 is 23.1 Å². The van der Waals surface area contributed by atoms with Gasteiger partial charge in [-0.25, -0.2) is 4.98 Å². The summed E-state index contributed by atoms with van der Waals surface area (Å²) in [6.07, 6.45) is -0.0367. The highest BCUT2D eigenvalue weighted by Crippen LogP contribution is 2.17. The second kappa shape index (κ2) is 11.3. The molecule has 0 radical (unpaired) electrons. The van der Waals surface area contributed by atoms with Crippen molar-refractivity contribution in [1.82, 2.24) is 15.3 Å². The molecule has 11 heteroatoms. The molecule has 0 aliphatic heterocycles. The number of hydrogen-bond donors (Lipinski definition) is 4. The van der Waals surface area contributed by atoms with Crippen molar-refractivity contribution in [3.8, 4) is 0 Å². The van der Waals surface area contributed by atoms with E-state index in [1.165, 1.54) is 13.0 Å². The van der Waals surface area contributed by atoms with Crippen LogP contribution in [0.1, 0.15) is 17.5 Å². The van der Waals surface area contributed by atoms with E-state index in [0.29, 0.717) is 23.6 Å². The Morgan fingerprint density at radius 3 is 2.56 bits per heavy atom. The third kappa shape index (κ3) is 7.67. The topological polar surface area (TPSA) is 133 Å². The number of benzene rings is 1. The van der Waals surface area contributed by atoms with Gasteiger partial charge in [0.05, 0.1) is 24.4 Å². The molecule has 3 aromatic rings. The number of anilines is 2. The molecule has 3 amide bonds.